The largest absolute Gasteiger partial charge is 0.496 e. The highest BCUT2D eigenvalue weighted by atomic mass is 32.2. The van der Waals surface area contributed by atoms with Crippen molar-refractivity contribution in [3.8, 4) is 17.1 Å². The smallest absolute Gasteiger partial charge is 0.191 e. The molecule has 0 aliphatic carbocycles. The van der Waals surface area contributed by atoms with E-state index in [1.165, 1.54) is 11.6 Å². The average molecular weight is 343 g/mol. The number of aryl methyl sites for hydroxylation is 1. The Balaban J connectivity index is 1.83. The van der Waals surface area contributed by atoms with Gasteiger partial charge in [0.05, 0.1) is 12.7 Å². The predicted octanol–water partition coefficient (Wildman–Crippen LogP) is 4.23. The van der Waals surface area contributed by atoms with Crippen LogP contribution in [-0.4, -0.2) is 21.9 Å². The molecule has 0 spiro atoms. The number of hydrogen-bond acceptors (Lipinski definition) is 4. The highest BCUT2D eigenvalue weighted by Crippen LogP contribution is 2.30. The fraction of sp³-hybridized carbons (Fsp3) is 0.222. The van der Waals surface area contributed by atoms with Gasteiger partial charge in [0.15, 0.2) is 11.0 Å². The second kappa shape index (κ2) is 7.05. The molecule has 1 aromatic heterocycles. The van der Waals surface area contributed by atoms with Crippen LogP contribution in [-0.2, 0) is 12.8 Å². The SMILES string of the molecule is COc1ccc(C)cc1CSc1nnc(-c2ccccc2F)n1C. The summed E-state index contributed by atoms with van der Waals surface area (Å²) in [5.74, 6) is 1.77. The van der Waals surface area contributed by atoms with Crippen LogP contribution in [0.5, 0.6) is 5.75 Å². The van der Waals surface area contributed by atoms with Gasteiger partial charge in [-0.2, -0.15) is 0 Å². The maximum absolute atomic E-state index is 14.0. The van der Waals surface area contributed by atoms with Crippen LogP contribution in [0.1, 0.15) is 11.1 Å². The van der Waals surface area contributed by atoms with E-state index in [0.29, 0.717) is 17.1 Å². The van der Waals surface area contributed by atoms with E-state index in [9.17, 15) is 4.39 Å². The minimum absolute atomic E-state index is 0.301. The zero-order chi connectivity index (χ0) is 17.1. The number of aromatic nitrogens is 3. The highest BCUT2D eigenvalue weighted by Gasteiger charge is 2.15. The van der Waals surface area contributed by atoms with E-state index >= 15 is 0 Å². The Kier molecular flexibility index (Phi) is 4.85. The summed E-state index contributed by atoms with van der Waals surface area (Å²) >= 11 is 1.55. The lowest BCUT2D eigenvalue weighted by Crippen LogP contribution is -1.97. The molecular formula is C18H18FN3OS. The third-order valence-electron chi connectivity index (χ3n) is 3.74. The lowest BCUT2D eigenvalue weighted by atomic mass is 10.1. The zero-order valence-electron chi connectivity index (χ0n) is 13.8. The summed E-state index contributed by atoms with van der Waals surface area (Å²) in [7, 11) is 3.51. The summed E-state index contributed by atoms with van der Waals surface area (Å²) in [5.41, 5.74) is 2.72. The molecule has 3 aromatic rings. The molecule has 124 valence electrons. The molecule has 0 unspecified atom stereocenters. The van der Waals surface area contributed by atoms with Crippen LogP contribution in [0, 0.1) is 12.7 Å². The summed E-state index contributed by atoms with van der Waals surface area (Å²) in [6.45, 7) is 2.05. The Labute approximate surface area is 144 Å². The first-order valence-electron chi connectivity index (χ1n) is 7.50. The van der Waals surface area contributed by atoms with Gasteiger partial charge >= 0.3 is 0 Å². The van der Waals surface area contributed by atoms with E-state index in [-0.39, 0.29) is 5.82 Å². The Morgan fingerprint density at radius 2 is 1.96 bits per heavy atom. The Hall–Kier alpha value is -2.34. The van der Waals surface area contributed by atoms with E-state index in [1.54, 1.807) is 37.1 Å². The standard InChI is InChI=1S/C18H18FN3OS/c1-12-8-9-16(23-3)13(10-12)11-24-18-21-20-17(22(18)2)14-6-4-5-7-15(14)19/h4-10H,11H2,1-3H3. The molecule has 0 N–H and O–H groups in total. The van der Waals surface area contributed by atoms with Gasteiger partial charge in [-0.25, -0.2) is 4.39 Å². The van der Waals surface area contributed by atoms with Gasteiger partial charge in [0, 0.05) is 18.4 Å². The number of rotatable bonds is 5. The Bertz CT molecular complexity index is 863. The van der Waals surface area contributed by atoms with Crippen molar-refractivity contribution in [2.24, 2.45) is 7.05 Å². The number of ether oxygens (including phenoxy) is 1. The minimum atomic E-state index is -0.301. The molecule has 1 heterocycles. The predicted molar refractivity (Wildman–Crippen MR) is 93.7 cm³/mol. The molecule has 0 fully saturated rings. The van der Waals surface area contributed by atoms with E-state index in [2.05, 4.69) is 16.3 Å². The van der Waals surface area contributed by atoms with Crippen LogP contribution in [0.15, 0.2) is 47.6 Å². The fourth-order valence-corrected chi connectivity index (χ4v) is 3.37. The van der Waals surface area contributed by atoms with Crippen molar-refractivity contribution in [1.82, 2.24) is 14.8 Å². The molecule has 0 saturated carbocycles. The van der Waals surface area contributed by atoms with Gasteiger partial charge in [-0.05, 0) is 25.1 Å². The Morgan fingerprint density at radius 3 is 2.71 bits per heavy atom. The first-order chi connectivity index (χ1) is 11.6. The normalized spacial score (nSPS) is 10.8. The molecule has 0 aliphatic rings. The number of nitrogens with zero attached hydrogens (tertiary/aromatic N) is 3. The first kappa shape index (κ1) is 16.5. The maximum Gasteiger partial charge on any atom is 0.191 e. The van der Waals surface area contributed by atoms with Crippen LogP contribution < -0.4 is 4.74 Å². The maximum atomic E-state index is 14.0. The van der Waals surface area contributed by atoms with Gasteiger partial charge in [0.2, 0.25) is 0 Å². The second-order valence-corrected chi connectivity index (χ2v) is 6.39. The van der Waals surface area contributed by atoms with Crippen molar-refractivity contribution in [2.75, 3.05) is 7.11 Å². The van der Waals surface area contributed by atoms with Crippen molar-refractivity contribution in [3.05, 3.63) is 59.4 Å². The van der Waals surface area contributed by atoms with Gasteiger partial charge in [0.1, 0.15) is 11.6 Å². The molecule has 3 rings (SSSR count). The molecule has 0 atom stereocenters. The molecular weight excluding hydrogens is 325 g/mol. The van der Waals surface area contributed by atoms with Gasteiger partial charge in [-0.3, -0.25) is 0 Å². The van der Waals surface area contributed by atoms with Crippen LogP contribution in [0.3, 0.4) is 0 Å². The highest BCUT2D eigenvalue weighted by molar-refractivity contribution is 7.98. The number of thioether (sulfide) groups is 1. The van der Waals surface area contributed by atoms with E-state index in [1.807, 2.05) is 30.7 Å². The fourth-order valence-electron chi connectivity index (χ4n) is 2.48. The number of methoxy groups -OCH3 is 1. The molecule has 2 aromatic carbocycles. The molecule has 4 nitrogen and oxygen atoms in total. The topological polar surface area (TPSA) is 39.9 Å². The van der Waals surface area contributed by atoms with Crippen molar-refractivity contribution in [1.29, 1.82) is 0 Å². The molecule has 0 radical (unpaired) electrons. The number of benzene rings is 2. The number of hydrogen-bond donors (Lipinski definition) is 0. The van der Waals surface area contributed by atoms with Crippen molar-refractivity contribution < 1.29 is 9.13 Å². The van der Waals surface area contributed by atoms with E-state index in [4.69, 9.17) is 4.74 Å². The summed E-state index contributed by atoms with van der Waals surface area (Å²) in [5, 5.41) is 9.07. The van der Waals surface area contributed by atoms with E-state index < -0.39 is 0 Å². The quantitative estimate of drug-likeness (QED) is 0.650. The molecule has 0 amide bonds. The van der Waals surface area contributed by atoms with Gasteiger partial charge in [0.25, 0.3) is 0 Å². The zero-order valence-corrected chi connectivity index (χ0v) is 14.6. The summed E-state index contributed by atoms with van der Waals surface area (Å²) < 4.78 is 21.2. The minimum Gasteiger partial charge on any atom is -0.496 e. The van der Waals surface area contributed by atoms with Crippen molar-refractivity contribution in [3.63, 3.8) is 0 Å². The summed E-state index contributed by atoms with van der Waals surface area (Å²) in [6.07, 6.45) is 0. The first-order valence-corrected chi connectivity index (χ1v) is 8.49. The van der Waals surface area contributed by atoms with Crippen molar-refractivity contribution >= 4 is 11.8 Å². The second-order valence-electron chi connectivity index (χ2n) is 5.45. The molecule has 0 saturated heterocycles. The third kappa shape index (κ3) is 3.28. The number of halogens is 1. The van der Waals surface area contributed by atoms with Crippen LogP contribution in [0.25, 0.3) is 11.4 Å². The molecule has 0 aliphatic heterocycles. The van der Waals surface area contributed by atoms with Crippen LogP contribution in [0.2, 0.25) is 0 Å². The Morgan fingerprint density at radius 1 is 1.17 bits per heavy atom. The molecule has 24 heavy (non-hydrogen) atoms. The monoisotopic (exact) mass is 343 g/mol. The molecule has 0 bridgehead atoms. The van der Waals surface area contributed by atoms with E-state index in [0.717, 1.165) is 16.5 Å². The average Bonchev–Trinajstić information content (AvgIpc) is 2.94. The molecule has 6 heteroatoms. The van der Waals surface area contributed by atoms with Gasteiger partial charge < -0.3 is 9.30 Å². The third-order valence-corrected chi connectivity index (χ3v) is 4.81. The summed E-state index contributed by atoms with van der Waals surface area (Å²) in [4.78, 5) is 0. The van der Waals surface area contributed by atoms with Gasteiger partial charge in [-0.1, -0.05) is 41.6 Å². The summed E-state index contributed by atoms with van der Waals surface area (Å²) in [6, 6.07) is 12.7. The van der Waals surface area contributed by atoms with Crippen LogP contribution in [0.4, 0.5) is 4.39 Å². The lowest BCUT2D eigenvalue weighted by Gasteiger charge is -2.09. The lowest BCUT2D eigenvalue weighted by molar-refractivity contribution is 0.411. The van der Waals surface area contributed by atoms with Crippen molar-refractivity contribution in [2.45, 2.75) is 17.8 Å². The van der Waals surface area contributed by atoms with Crippen LogP contribution >= 0.6 is 11.8 Å². The van der Waals surface area contributed by atoms with Gasteiger partial charge in [-0.15, -0.1) is 10.2 Å².